The molecule has 4 aliphatic carbocycles. The first-order valence-corrected chi connectivity index (χ1v) is 16.7. The monoisotopic (exact) mass is 594 g/mol. The van der Waals surface area contributed by atoms with Gasteiger partial charge >= 0.3 is 5.97 Å². The molecule has 0 saturated heterocycles. The molecule has 0 radical (unpaired) electrons. The van der Waals surface area contributed by atoms with Crippen molar-refractivity contribution in [2.45, 2.75) is 111 Å². The van der Waals surface area contributed by atoms with E-state index in [4.69, 9.17) is 4.74 Å². The van der Waals surface area contributed by atoms with Gasteiger partial charge in [-0.1, -0.05) is 95.9 Å². The van der Waals surface area contributed by atoms with Crippen LogP contribution < -0.4 is 0 Å². The molecule has 0 spiro atoms. The van der Waals surface area contributed by atoms with Crippen molar-refractivity contribution in [3.63, 3.8) is 0 Å². The largest absolute Gasteiger partial charge is 0.458 e. The van der Waals surface area contributed by atoms with E-state index in [0.29, 0.717) is 9.90 Å². The fourth-order valence-electron chi connectivity index (χ4n) is 9.71. The molecule has 0 amide bonds. The molecule has 0 aliphatic heterocycles. The third-order valence-electron chi connectivity index (χ3n) is 11.8. The molecule has 2 nitrogen and oxygen atoms in total. The van der Waals surface area contributed by atoms with E-state index in [1.165, 1.54) is 51.4 Å². The van der Waals surface area contributed by atoms with E-state index in [1.54, 1.807) is 5.57 Å². The number of hydrogen-bond acceptors (Lipinski definition) is 2. The maximum atomic E-state index is 12.9. The van der Waals surface area contributed by atoms with Crippen LogP contribution in [0.1, 0.15) is 111 Å². The molecule has 8 atom stereocenters. The third-order valence-corrected chi connectivity index (χ3v) is 12.4. The number of allylic oxidation sites excluding steroid dienone is 1. The third kappa shape index (κ3) is 5.86. The van der Waals surface area contributed by atoms with Crippen LogP contribution >= 0.6 is 15.9 Å². The van der Waals surface area contributed by atoms with Crippen LogP contribution in [0.5, 0.6) is 0 Å². The highest BCUT2D eigenvalue weighted by atomic mass is 79.9. The van der Waals surface area contributed by atoms with Crippen molar-refractivity contribution in [1.29, 1.82) is 0 Å². The fourth-order valence-corrected chi connectivity index (χ4v) is 10.1. The molecule has 0 N–H and O–H groups in total. The zero-order valence-electron chi connectivity index (χ0n) is 25.1. The molecule has 0 heterocycles. The van der Waals surface area contributed by atoms with Crippen LogP contribution in [0.4, 0.5) is 0 Å². The highest BCUT2D eigenvalue weighted by Gasteiger charge is 2.59. The Balaban J connectivity index is 1.23. The van der Waals surface area contributed by atoms with Gasteiger partial charge in [-0.2, -0.15) is 0 Å². The molecular weight excluding hydrogens is 544 g/mol. The maximum Gasteiger partial charge on any atom is 0.345 e. The van der Waals surface area contributed by atoms with Crippen molar-refractivity contribution in [2.75, 3.05) is 0 Å². The topological polar surface area (TPSA) is 26.3 Å². The Kier molecular flexibility index (Phi) is 8.87. The lowest BCUT2D eigenvalue weighted by Crippen LogP contribution is -2.51. The van der Waals surface area contributed by atoms with E-state index in [-0.39, 0.29) is 17.5 Å². The van der Waals surface area contributed by atoms with Gasteiger partial charge in [0, 0.05) is 6.42 Å². The van der Waals surface area contributed by atoms with Gasteiger partial charge in [0.15, 0.2) is 0 Å². The summed E-state index contributed by atoms with van der Waals surface area (Å²) in [6, 6.07) is 9.95. The Morgan fingerprint density at radius 3 is 2.54 bits per heavy atom. The molecular formula is C36H51BrO2. The normalized spacial score (nSPS) is 36.9. The maximum absolute atomic E-state index is 12.9. The summed E-state index contributed by atoms with van der Waals surface area (Å²) < 4.78 is 6.53. The first kappa shape index (κ1) is 29.2. The lowest BCUT2D eigenvalue weighted by atomic mass is 9.47. The second kappa shape index (κ2) is 11.9. The number of carbonyl (C=O) groups is 1. The van der Waals surface area contributed by atoms with Gasteiger partial charge in [0.2, 0.25) is 0 Å². The summed E-state index contributed by atoms with van der Waals surface area (Å²) in [6.07, 6.45) is 18.6. The molecule has 5 rings (SSSR count). The van der Waals surface area contributed by atoms with Crippen LogP contribution in [0, 0.1) is 46.3 Å². The molecule has 3 heteroatoms. The van der Waals surface area contributed by atoms with Crippen LogP contribution in [0.2, 0.25) is 0 Å². The Morgan fingerprint density at radius 1 is 1.03 bits per heavy atom. The zero-order valence-corrected chi connectivity index (χ0v) is 26.6. The number of benzene rings is 1. The lowest BCUT2D eigenvalue weighted by molar-refractivity contribution is -0.145. The van der Waals surface area contributed by atoms with Crippen molar-refractivity contribution in [1.82, 2.24) is 0 Å². The molecule has 3 saturated carbocycles. The molecule has 0 unspecified atom stereocenters. The predicted molar refractivity (Wildman–Crippen MR) is 166 cm³/mol. The standard InChI is InChI=1S/C36H51BrO2/c1-24(2)10-9-11-25(3)30-16-17-31-29-15-14-27-23-28(18-20-35(27,4)32(29)19-21-36(30,31)5)39-34(38)33(37)22-26-12-7-6-8-13-26/h6-8,12-14,22,24-25,28-32H,9-11,15-21,23H2,1-5H3/b33-22+/t25-,28+,29-,30+,31-,32-,35+,36+/m1/s1. The van der Waals surface area contributed by atoms with Crippen molar-refractivity contribution in [2.24, 2.45) is 46.3 Å². The Labute approximate surface area is 246 Å². The molecule has 0 aromatic heterocycles. The number of ether oxygens (including phenoxy) is 1. The van der Waals surface area contributed by atoms with Gasteiger partial charge in [-0.05, 0) is 119 Å². The van der Waals surface area contributed by atoms with E-state index in [2.05, 4.69) is 56.6 Å². The molecule has 39 heavy (non-hydrogen) atoms. The molecule has 0 bridgehead atoms. The fraction of sp³-hybridized carbons (Fsp3) is 0.694. The molecule has 1 aromatic carbocycles. The van der Waals surface area contributed by atoms with Gasteiger partial charge in [-0.3, -0.25) is 0 Å². The molecule has 214 valence electrons. The number of fused-ring (bicyclic) bond motifs is 5. The minimum Gasteiger partial charge on any atom is -0.458 e. The van der Waals surface area contributed by atoms with Gasteiger partial charge in [-0.15, -0.1) is 0 Å². The van der Waals surface area contributed by atoms with Gasteiger partial charge in [-0.25, -0.2) is 4.79 Å². The molecule has 1 aromatic rings. The van der Waals surface area contributed by atoms with E-state index in [9.17, 15) is 4.79 Å². The van der Waals surface area contributed by atoms with Gasteiger partial charge < -0.3 is 4.74 Å². The minimum absolute atomic E-state index is 0.0125. The summed E-state index contributed by atoms with van der Waals surface area (Å²) in [4.78, 5) is 12.9. The zero-order chi connectivity index (χ0) is 27.8. The van der Waals surface area contributed by atoms with Crippen molar-refractivity contribution >= 4 is 28.0 Å². The highest BCUT2D eigenvalue weighted by Crippen LogP contribution is 2.67. The second-order valence-corrected chi connectivity index (χ2v) is 15.3. The number of rotatable bonds is 8. The average molecular weight is 596 g/mol. The highest BCUT2D eigenvalue weighted by molar-refractivity contribution is 9.12. The summed E-state index contributed by atoms with van der Waals surface area (Å²) in [5.41, 5.74) is 3.40. The summed E-state index contributed by atoms with van der Waals surface area (Å²) in [6.45, 7) is 12.5. The van der Waals surface area contributed by atoms with E-state index in [1.807, 2.05) is 36.4 Å². The first-order valence-electron chi connectivity index (χ1n) is 15.9. The number of carbonyl (C=O) groups excluding carboxylic acids is 1. The predicted octanol–water partition coefficient (Wildman–Crippen LogP) is 10.4. The Hall–Kier alpha value is -1.35. The number of esters is 1. The lowest BCUT2D eigenvalue weighted by Gasteiger charge is -2.58. The number of hydrogen-bond donors (Lipinski definition) is 0. The van der Waals surface area contributed by atoms with E-state index >= 15 is 0 Å². The Bertz CT molecular complexity index is 1070. The average Bonchev–Trinajstić information content (AvgIpc) is 3.26. The van der Waals surface area contributed by atoms with Crippen molar-refractivity contribution < 1.29 is 9.53 Å². The van der Waals surface area contributed by atoms with Crippen LogP contribution in [0.15, 0.2) is 46.5 Å². The number of halogens is 1. The smallest absolute Gasteiger partial charge is 0.345 e. The second-order valence-electron chi connectivity index (χ2n) is 14.5. The van der Waals surface area contributed by atoms with E-state index < -0.39 is 0 Å². The van der Waals surface area contributed by atoms with Crippen LogP contribution in [0.3, 0.4) is 0 Å². The quantitative estimate of drug-likeness (QED) is 0.170. The summed E-state index contributed by atoms with van der Waals surface area (Å²) in [5, 5.41) is 0. The SMILES string of the molecule is CC(C)CCC[C@@H](C)[C@@H]1CC[C@@H]2[C@H]3CC=C4C[C@@H](OC(=O)/C(Br)=C\c5ccccc5)CC[C@]4(C)[C@@H]3CC[C@]21C. The molecule has 3 fully saturated rings. The van der Waals surface area contributed by atoms with Crippen LogP contribution in [-0.4, -0.2) is 12.1 Å². The van der Waals surface area contributed by atoms with E-state index in [0.717, 1.165) is 60.3 Å². The van der Waals surface area contributed by atoms with Crippen molar-refractivity contribution in [3.05, 3.63) is 52.0 Å². The van der Waals surface area contributed by atoms with Gasteiger partial charge in [0.25, 0.3) is 0 Å². The molecule has 4 aliphatic rings. The minimum atomic E-state index is -0.241. The first-order chi connectivity index (χ1) is 18.6. The summed E-state index contributed by atoms with van der Waals surface area (Å²) >= 11 is 3.47. The van der Waals surface area contributed by atoms with Gasteiger partial charge in [0.1, 0.15) is 10.6 Å². The summed E-state index contributed by atoms with van der Waals surface area (Å²) in [7, 11) is 0. The van der Waals surface area contributed by atoms with Gasteiger partial charge in [0.05, 0.1) is 0 Å². The van der Waals surface area contributed by atoms with Crippen molar-refractivity contribution in [3.8, 4) is 0 Å². The summed E-state index contributed by atoms with van der Waals surface area (Å²) in [5.74, 6) is 4.88. The van der Waals surface area contributed by atoms with Crippen LogP contribution in [-0.2, 0) is 9.53 Å². The van der Waals surface area contributed by atoms with Crippen LogP contribution in [0.25, 0.3) is 6.08 Å². The Morgan fingerprint density at radius 2 is 1.79 bits per heavy atom.